The summed E-state index contributed by atoms with van der Waals surface area (Å²) < 4.78 is 0. The van der Waals surface area contributed by atoms with Gasteiger partial charge in [0.05, 0.1) is 14.7 Å². The van der Waals surface area contributed by atoms with Crippen LogP contribution in [0.3, 0.4) is 0 Å². The van der Waals surface area contributed by atoms with Gasteiger partial charge in [0.25, 0.3) is 0 Å². The van der Waals surface area contributed by atoms with Crippen molar-refractivity contribution in [2.24, 2.45) is 0 Å². The van der Waals surface area contributed by atoms with Gasteiger partial charge in [0.2, 0.25) is 0 Å². The summed E-state index contributed by atoms with van der Waals surface area (Å²) >= 11 is 0. The highest BCUT2D eigenvalue weighted by molar-refractivity contribution is 7.68. The maximum absolute atomic E-state index is 2.71. The topological polar surface area (TPSA) is 0 Å². The van der Waals surface area contributed by atoms with Crippen LogP contribution in [-0.4, -0.2) is 23.0 Å². The third-order valence-corrected chi connectivity index (χ3v) is 45.6. The van der Waals surface area contributed by atoms with Gasteiger partial charge in [0, 0.05) is 8.31 Å². The third-order valence-electron chi connectivity index (χ3n) is 6.07. The molecule has 1 radical (unpaired) electrons. The van der Waals surface area contributed by atoms with Gasteiger partial charge in [-0.3, -0.25) is 0 Å². The van der Waals surface area contributed by atoms with Gasteiger partial charge in [-0.2, -0.15) is 0 Å². The lowest BCUT2D eigenvalue weighted by molar-refractivity contribution is 0.903. The van der Waals surface area contributed by atoms with E-state index in [9.17, 15) is 0 Å². The fraction of sp³-hybridized carbons (Fsp3) is 0.700. The predicted octanol–water partition coefficient (Wildman–Crippen LogP) is 6.34. The van der Waals surface area contributed by atoms with Gasteiger partial charge in [-0.15, -0.1) is 0 Å². The summed E-state index contributed by atoms with van der Waals surface area (Å²) in [7, 11) is -3.30. The fourth-order valence-electron chi connectivity index (χ4n) is 5.85. The molecule has 0 amide bonds. The van der Waals surface area contributed by atoms with Gasteiger partial charge in [-0.1, -0.05) is 126 Å². The van der Waals surface area contributed by atoms with Crippen molar-refractivity contribution >= 4 is 28.2 Å². The molecule has 0 saturated carbocycles. The molecular weight excluding hydrogens is 324 g/mol. The molecule has 0 aliphatic carbocycles. The molecule has 0 aromatic heterocycles. The van der Waals surface area contributed by atoms with Crippen molar-refractivity contribution < 1.29 is 0 Å². The number of hydrogen-bond acceptors (Lipinski definition) is 0. The van der Waals surface area contributed by atoms with E-state index in [1.807, 2.05) is 0 Å². The van der Waals surface area contributed by atoms with Crippen molar-refractivity contribution in [2.45, 2.75) is 90.6 Å². The Labute approximate surface area is 149 Å². The van der Waals surface area contributed by atoms with Crippen LogP contribution in [0.5, 0.6) is 0 Å². The van der Waals surface area contributed by atoms with E-state index in [0.29, 0.717) is 0 Å². The highest BCUT2D eigenvalue weighted by Crippen LogP contribution is 2.47. The fourth-order valence-corrected chi connectivity index (χ4v) is 52.4. The Morgan fingerprint density at radius 3 is 1.39 bits per heavy atom. The van der Waals surface area contributed by atoms with Crippen molar-refractivity contribution in [3.05, 3.63) is 30.3 Å². The zero-order valence-corrected chi connectivity index (χ0v) is 20.2. The lowest BCUT2D eigenvalue weighted by Crippen LogP contribution is -2.77. The summed E-state index contributed by atoms with van der Waals surface area (Å²) in [4.78, 5) is 0. The molecule has 0 bridgehead atoms. The van der Waals surface area contributed by atoms with E-state index in [-0.39, 0.29) is 8.31 Å². The monoisotopic (exact) mass is 363 g/mol. The minimum Gasteiger partial charge on any atom is -0.0676 e. The van der Waals surface area contributed by atoms with Crippen LogP contribution in [0, 0.1) is 0 Å². The summed E-state index contributed by atoms with van der Waals surface area (Å²) in [5.74, 6) is 0. The maximum atomic E-state index is 2.71. The Kier molecular flexibility index (Phi) is 7.12. The summed E-state index contributed by atoms with van der Waals surface area (Å²) in [6.07, 6.45) is 0. The molecule has 1 aromatic rings. The van der Waals surface area contributed by atoms with E-state index in [2.05, 4.69) is 98.8 Å². The highest BCUT2D eigenvalue weighted by atomic mass is 29.6. The molecule has 3 heteroatoms. The number of rotatable bonds is 7. The minimum absolute atomic E-state index is 0.379. The quantitative estimate of drug-likeness (QED) is 0.496. The molecule has 23 heavy (non-hydrogen) atoms. The van der Waals surface area contributed by atoms with E-state index >= 15 is 0 Å². The molecule has 1 rings (SSSR count). The minimum atomic E-state index is -1.49. The van der Waals surface area contributed by atoms with E-state index in [4.69, 9.17) is 0 Å². The highest BCUT2D eigenvalue weighted by Gasteiger charge is 2.59. The van der Waals surface area contributed by atoms with Crippen molar-refractivity contribution in [3.63, 3.8) is 0 Å². The molecule has 0 heterocycles. The molecule has 0 unspecified atom stereocenters. The smallest absolute Gasteiger partial charge is 0.0676 e. The molecule has 0 spiro atoms. The van der Waals surface area contributed by atoms with Crippen LogP contribution < -0.4 is 5.19 Å². The second-order valence-electron chi connectivity index (χ2n) is 8.93. The van der Waals surface area contributed by atoms with Gasteiger partial charge >= 0.3 is 0 Å². The van der Waals surface area contributed by atoms with Crippen molar-refractivity contribution in [1.82, 2.24) is 0 Å². The molecule has 0 fully saturated rings. The second kappa shape index (κ2) is 7.83. The van der Waals surface area contributed by atoms with Crippen LogP contribution in [0.15, 0.2) is 30.3 Å². The largest absolute Gasteiger partial charge is 0.0721 e. The van der Waals surface area contributed by atoms with E-state index in [1.54, 1.807) is 5.19 Å². The number of hydrogen-bond donors (Lipinski definition) is 0. The zero-order chi connectivity index (χ0) is 18.0. The van der Waals surface area contributed by atoms with Crippen molar-refractivity contribution in [3.8, 4) is 0 Å². The van der Waals surface area contributed by atoms with Gasteiger partial charge in [-0.25, -0.2) is 0 Å². The van der Waals surface area contributed by atoms with Crippen LogP contribution in [0.25, 0.3) is 0 Å². The normalized spacial score (nSPS) is 13.9. The Balaban J connectivity index is 3.70. The average molecular weight is 364 g/mol. The van der Waals surface area contributed by atoms with Crippen molar-refractivity contribution in [1.29, 1.82) is 0 Å². The van der Waals surface area contributed by atoms with Crippen LogP contribution in [-0.2, 0) is 0 Å². The lowest BCUT2D eigenvalue weighted by Gasteiger charge is -2.57. The SMILES string of the molecule is CC(C)[Si](C(C)C)[Si](C(C)C)(C(C)C)[Si](C)(C)c1ccccc1. The summed E-state index contributed by atoms with van der Waals surface area (Å²) in [6, 6.07) is 11.6. The Morgan fingerprint density at radius 2 is 1.09 bits per heavy atom. The van der Waals surface area contributed by atoms with Crippen LogP contribution in [0.1, 0.15) is 55.4 Å². The summed E-state index contributed by atoms with van der Waals surface area (Å²) in [6.45, 7) is 25.8. The second-order valence-corrected chi connectivity index (χ2v) is 32.0. The summed E-state index contributed by atoms with van der Waals surface area (Å²) in [5.41, 5.74) is 3.52. The van der Waals surface area contributed by atoms with Crippen LogP contribution in [0.4, 0.5) is 0 Å². The third kappa shape index (κ3) is 3.62. The molecule has 131 valence electrons. The van der Waals surface area contributed by atoms with Gasteiger partial charge in [-0.05, 0) is 0 Å². The number of benzene rings is 1. The molecule has 0 atom stereocenters. The Hall–Kier alpha value is -0.129. The van der Waals surface area contributed by atoms with Gasteiger partial charge in [0.1, 0.15) is 0 Å². The lowest BCUT2D eigenvalue weighted by atomic mass is 10.4. The first kappa shape index (κ1) is 20.9. The van der Waals surface area contributed by atoms with Crippen molar-refractivity contribution in [2.75, 3.05) is 0 Å². The molecular formula is C20H39Si3. The zero-order valence-electron chi connectivity index (χ0n) is 17.2. The van der Waals surface area contributed by atoms with E-state index in [0.717, 1.165) is 22.2 Å². The Bertz CT molecular complexity index is 459. The average Bonchev–Trinajstić information content (AvgIpc) is 2.43. The Morgan fingerprint density at radius 1 is 0.696 bits per heavy atom. The van der Waals surface area contributed by atoms with Gasteiger partial charge in [0.15, 0.2) is 0 Å². The van der Waals surface area contributed by atoms with E-state index in [1.165, 1.54) is 0 Å². The van der Waals surface area contributed by atoms with Gasteiger partial charge < -0.3 is 0 Å². The molecule has 0 aliphatic heterocycles. The van der Waals surface area contributed by atoms with Crippen LogP contribution >= 0.6 is 0 Å². The summed E-state index contributed by atoms with van der Waals surface area (Å²) in [5, 5.41) is 1.71. The molecule has 0 saturated heterocycles. The molecule has 0 N–H and O–H groups in total. The molecule has 0 nitrogen and oxygen atoms in total. The standard InChI is InChI=1S/C20H39Si3/c1-16(2)21(17(3)4)23(18(5)6,19(7)8)22(9,10)20-14-12-11-13-15-20/h11-19H,1-10H3. The van der Waals surface area contributed by atoms with E-state index < -0.39 is 14.7 Å². The predicted molar refractivity (Wildman–Crippen MR) is 115 cm³/mol. The first-order valence-corrected chi connectivity index (χ1v) is 18.2. The first-order chi connectivity index (χ1) is 10.5. The maximum Gasteiger partial charge on any atom is 0.0721 e. The molecule has 0 aliphatic rings. The first-order valence-electron chi connectivity index (χ1n) is 9.43. The molecule has 1 aromatic carbocycles. The van der Waals surface area contributed by atoms with Crippen LogP contribution in [0.2, 0.25) is 35.3 Å².